The molecule has 0 aliphatic carbocycles. The molecule has 0 fully saturated rings. The maximum atomic E-state index is 11.0. The summed E-state index contributed by atoms with van der Waals surface area (Å²) >= 11 is 0. The zero-order valence-electron chi connectivity index (χ0n) is 10.8. The van der Waals surface area contributed by atoms with Gasteiger partial charge in [0.1, 0.15) is 5.75 Å². The molecule has 0 saturated carbocycles. The van der Waals surface area contributed by atoms with E-state index in [1.54, 1.807) is 19.3 Å². The monoisotopic (exact) mass is 244 g/mol. The molecule has 0 unspecified atom stereocenters. The number of Topliss-reactive ketones (excluding diaryl/α,β-unsaturated/α-hetero) is 1. The van der Waals surface area contributed by atoms with Crippen molar-refractivity contribution in [2.75, 3.05) is 7.11 Å². The number of allylic oxidation sites excluding steroid dienone is 3. The molecule has 0 radical (unpaired) electrons. The van der Waals surface area contributed by atoms with E-state index in [2.05, 4.69) is 0 Å². The molecule has 0 aromatic heterocycles. The van der Waals surface area contributed by atoms with E-state index < -0.39 is 11.6 Å². The van der Waals surface area contributed by atoms with Crippen LogP contribution in [0.4, 0.5) is 0 Å². The van der Waals surface area contributed by atoms with Crippen molar-refractivity contribution >= 4 is 17.6 Å². The third-order valence-corrected chi connectivity index (χ3v) is 2.47. The average molecular weight is 244 g/mol. The predicted octanol–water partition coefficient (Wildman–Crippen LogP) is 2.73. The number of rotatable bonds is 5. The van der Waals surface area contributed by atoms with Gasteiger partial charge in [0.2, 0.25) is 5.78 Å². The van der Waals surface area contributed by atoms with Gasteiger partial charge in [0.05, 0.1) is 7.11 Å². The number of methoxy groups -OCH3 is 1. The zero-order valence-corrected chi connectivity index (χ0v) is 10.8. The van der Waals surface area contributed by atoms with E-state index in [0.29, 0.717) is 0 Å². The molecule has 3 heteroatoms. The Balaban J connectivity index is 2.78. The van der Waals surface area contributed by atoms with Crippen LogP contribution in [0.3, 0.4) is 0 Å². The van der Waals surface area contributed by atoms with E-state index in [1.165, 1.54) is 13.0 Å². The number of hydrogen-bond donors (Lipinski definition) is 0. The fraction of sp³-hybridized carbons (Fsp3) is 0.200. The Morgan fingerprint density at radius 2 is 1.94 bits per heavy atom. The maximum absolute atomic E-state index is 11.0. The van der Waals surface area contributed by atoms with Gasteiger partial charge in [-0.2, -0.15) is 0 Å². The highest BCUT2D eigenvalue weighted by Crippen LogP contribution is 2.18. The Morgan fingerprint density at radius 3 is 2.56 bits per heavy atom. The minimum Gasteiger partial charge on any atom is -0.497 e. The molecule has 18 heavy (non-hydrogen) atoms. The van der Waals surface area contributed by atoms with Crippen LogP contribution in [0.1, 0.15) is 18.1 Å². The summed E-state index contributed by atoms with van der Waals surface area (Å²) in [4.78, 5) is 21.7. The second-order valence-electron chi connectivity index (χ2n) is 3.86. The molecule has 0 N–H and O–H groups in total. The van der Waals surface area contributed by atoms with Gasteiger partial charge in [0.25, 0.3) is 0 Å². The Bertz CT molecular complexity index is 510. The van der Waals surface area contributed by atoms with E-state index in [-0.39, 0.29) is 0 Å². The summed E-state index contributed by atoms with van der Waals surface area (Å²) < 4.78 is 5.14. The van der Waals surface area contributed by atoms with Gasteiger partial charge in [-0.1, -0.05) is 24.3 Å². The van der Waals surface area contributed by atoms with Crippen molar-refractivity contribution in [2.45, 2.75) is 13.8 Å². The van der Waals surface area contributed by atoms with E-state index >= 15 is 0 Å². The summed E-state index contributed by atoms with van der Waals surface area (Å²) in [7, 11) is 1.61. The number of benzene rings is 1. The number of ether oxygens (including phenoxy) is 1. The van der Waals surface area contributed by atoms with Crippen molar-refractivity contribution in [1.82, 2.24) is 0 Å². The van der Waals surface area contributed by atoms with Crippen LogP contribution in [-0.2, 0) is 9.59 Å². The lowest BCUT2D eigenvalue weighted by molar-refractivity contribution is -0.132. The molecule has 0 bridgehead atoms. The van der Waals surface area contributed by atoms with Gasteiger partial charge in [-0.3, -0.25) is 9.59 Å². The summed E-state index contributed by atoms with van der Waals surface area (Å²) in [6.07, 6.45) is 6.40. The molecule has 0 heterocycles. The van der Waals surface area contributed by atoms with E-state index in [0.717, 1.165) is 16.9 Å². The topological polar surface area (TPSA) is 43.4 Å². The summed E-state index contributed by atoms with van der Waals surface area (Å²) in [6.45, 7) is 3.24. The predicted molar refractivity (Wildman–Crippen MR) is 71.6 cm³/mol. The fourth-order valence-electron chi connectivity index (χ4n) is 1.34. The van der Waals surface area contributed by atoms with Crippen molar-refractivity contribution in [3.8, 4) is 5.75 Å². The third-order valence-electron chi connectivity index (χ3n) is 2.47. The van der Waals surface area contributed by atoms with Crippen LogP contribution >= 0.6 is 0 Å². The fourth-order valence-corrected chi connectivity index (χ4v) is 1.34. The summed E-state index contributed by atoms with van der Waals surface area (Å²) in [6, 6.07) is 5.76. The van der Waals surface area contributed by atoms with E-state index in [4.69, 9.17) is 4.74 Å². The first-order valence-electron chi connectivity index (χ1n) is 5.59. The first-order valence-corrected chi connectivity index (χ1v) is 5.59. The molecule has 0 amide bonds. The first-order chi connectivity index (χ1) is 8.54. The average Bonchev–Trinajstić information content (AvgIpc) is 2.36. The summed E-state index contributed by atoms with van der Waals surface area (Å²) in [5.41, 5.74) is 2.12. The number of ketones is 2. The second kappa shape index (κ2) is 6.55. The third kappa shape index (κ3) is 4.01. The van der Waals surface area contributed by atoms with Crippen LogP contribution in [0.15, 0.2) is 36.4 Å². The van der Waals surface area contributed by atoms with Gasteiger partial charge in [-0.15, -0.1) is 0 Å². The quantitative estimate of drug-likeness (QED) is 0.454. The molecule has 0 atom stereocenters. The van der Waals surface area contributed by atoms with E-state index in [1.807, 2.05) is 31.2 Å². The number of hydrogen-bond acceptors (Lipinski definition) is 3. The lowest BCUT2D eigenvalue weighted by atomic mass is 10.1. The van der Waals surface area contributed by atoms with Crippen LogP contribution in [0, 0.1) is 6.92 Å². The highest BCUT2D eigenvalue weighted by atomic mass is 16.5. The minimum atomic E-state index is -0.498. The molecule has 0 saturated heterocycles. The van der Waals surface area contributed by atoms with Crippen LogP contribution in [0.5, 0.6) is 5.75 Å². The van der Waals surface area contributed by atoms with E-state index in [9.17, 15) is 9.59 Å². The number of carbonyl (C=O) groups is 2. The standard InChI is InChI=1S/C15H16O3/c1-11-8-9-14(18-3)10-13(11)6-4-5-7-15(17)12(2)16/h4-10H,1-3H3/b6-4+,7-5+. The maximum Gasteiger partial charge on any atom is 0.221 e. The molecular formula is C15H16O3. The molecule has 0 aliphatic heterocycles. The van der Waals surface area contributed by atoms with Gasteiger partial charge in [0, 0.05) is 6.92 Å². The highest BCUT2D eigenvalue weighted by Gasteiger charge is 2.00. The largest absolute Gasteiger partial charge is 0.497 e. The highest BCUT2D eigenvalue weighted by molar-refractivity contribution is 6.40. The zero-order chi connectivity index (χ0) is 13.5. The molecule has 94 valence electrons. The van der Waals surface area contributed by atoms with Crippen molar-refractivity contribution in [1.29, 1.82) is 0 Å². The smallest absolute Gasteiger partial charge is 0.221 e. The molecule has 3 nitrogen and oxygen atoms in total. The summed E-state index contributed by atoms with van der Waals surface area (Å²) in [5.74, 6) is -0.178. The van der Waals surface area contributed by atoms with Crippen molar-refractivity contribution in [2.24, 2.45) is 0 Å². The van der Waals surface area contributed by atoms with Crippen LogP contribution in [-0.4, -0.2) is 18.7 Å². The Morgan fingerprint density at radius 1 is 1.22 bits per heavy atom. The lowest BCUT2D eigenvalue weighted by Crippen LogP contribution is -2.04. The lowest BCUT2D eigenvalue weighted by Gasteiger charge is -2.03. The van der Waals surface area contributed by atoms with Crippen molar-refractivity contribution in [3.63, 3.8) is 0 Å². The normalized spacial score (nSPS) is 11.1. The Kier molecular flexibility index (Phi) is 5.06. The minimum absolute atomic E-state index is 0.461. The van der Waals surface area contributed by atoms with Crippen LogP contribution in [0.25, 0.3) is 6.08 Å². The van der Waals surface area contributed by atoms with Crippen molar-refractivity contribution in [3.05, 3.63) is 47.6 Å². The Hall–Kier alpha value is -2.16. The first kappa shape index (κ1) is 13.9. The molecule has 0 spiro atoms. The molecular weight excluding hydrogens is 228 g/mol. The van der Waals surface area contributed by atoms with Crippen molar-refractivity contribution < 1.29 is 14.3 Å². The molecule has 1 rings (SSSR count). The van der Waals surface area contributed by atoms with Gasteiger partial charge in [-0.25, -0.2) is 0 Å². The number of carbonyl (C=O) groups excluding carboxylic acids is 2. The summed E-state index contributed by atoms with van der Waals surface area (Å²) in [5, 5.41) is 0. The molecule has 1 aromatic carbocycles. The van der Waals surface area contributed by atoms with Crippen LogP contribution < -0.4 is 4.74 Å². The van der Waals surface area contributed by atoms with Gasteiger partial charge >= 0.3 is 0 Å². The second-order valence-corrected chi connectivity index (χ2v) is 3.86. The van der Waals surface area contributed by atoms with Crippen LogP contribution in [0.2, 0.25) is 0 Å². The molecule has 1 aromatic rings. The Labute approximate surface area is 107 Å². The van der Waals surface area contributed by atoms with Gasteiger partial charge in [-0.05, 0) is 36.3 Å². The molecule has 0 aliphatic rings. The SMILES string of the molecule is COc1ccc(C)c(/C=C/C=C/C(=O)C(C)=O)c1. The van der Waals surface area contributed by atoms with Gasteiger partial charge < -0.3 is 4.74 Å². The number of aryl methyl sites for hydroxylation is 1. The van der Waals surface area contributed by atoms with Gasteiger partial charge in [0.15, 0.2) is 5.78 Å².